The fourth-order valence-corrected chi connectivity index (χ4v) is 5.38. The number of ether oxygens (including phenoxy) is 2. The molecule has 1 heterocycles. The summed E-state index contributed by atoms with van der Waals surface area (Å²) >= 11 is 0. The van der Waals surface area contributed by atoms with Crippen molar-refractivity contribution in [3.05, 3.63) is 93.8 Å². The van der Waals surface area contributed by atoms with E-state index in [9.17, 15) is 14.3 Å². The van der Waals surface area contributed by atoms with Gasteiger partial charge in [0.25, 0.3) is 0 Å². The van der Waals surface area contributed by atoms with Crippen molar-refractivity contribution in [2.45, 2.75) is 58.2 Å². The average molecular weight is 492 g/mol. The molecule has 5 nitrogen and oxygen atoms in total. The van der Waals surface area contributed by atoms with Crippen molar-refractivity contribution in [1.82, 2.24) is 0 Å². The first-order chi connectivity index (χ1) is 17.0. The summed E-state index contributed by atoms with van der Waals surface area (Å²) in [4.78, 5) is 11.8. The fraction of sp³-hybridized carbons (Fsp3) is 0.367. The van der Waals surface area contributed by atoms with Crippen LogP contribution < -0.4 is 10.1 Å². The van der Waals surface area contributed by atoms with Gasteiger partial charge in [0.05, 0.1) is 18.3 Å². The normalized spacial score (nSPS) is 14.7. The second kappa shape index (κ2) is 9.94. The van der Waals surface area contributed by atoms with Gasteiger partial charge in [-0.3, -0.25) is 0 Å². The molecule has 0 fully saturated rings. The minimum atomic E-state index is -1.17. The Balaban J connectivity index is 1.64. The van der Waals surface area contributed by atoms with Crippen LogP contribution in [0.15, 0.2) is 54.6 Å². The van der Waals surface area contributed by atoms with Gasteiger partial charge in [0.15, 0.2) is 0 Å². The molecule has 2 N–H and O–H groups in total. The first-order valence-electron chi connectivity index (χ1n) is 12.2. The van der Waals surface area contributed by atoms with Gasteiger partial charge in [-0.2, -0.15) is 0 Å². The average Bonchev–Trinajstić information content (AvgIpc) is 3.16. The highest BCUT2D eigenvalue weighted by molar-refractivity contribution is 5.93. The number of benzene rings is 3. The Kier molecular flexibility index (Phi) is 7.10. The molecule has 36 heavy (non-hydrogen) atoms. The van der Waals surface area contributed by atoms with Crippen LogP contribution in [0.25, 0.3) is 0 Å². The number of esters is 1. The minimum Gasteiger partial charge on any atom is -0.496 e. The van der Waals surface area contributed by atoms with Gasteiger partial charge < -0.3 is 19.9 Å². The Hall–Kier alpha value is -3.38. The van der Waals surface area contributed by atoms with Crippen molar-refractivity contribution >= 4 is 11.7 Å². The summed E-state index contributed by atoms with van der Waals surface area (Å²) in [6, 6.07) is 16.2. The highest BCUT2D eigenvalue weighted by Gasteiger charge is 2.37. The monoisotopic (exact) mass is 491 g/mol. The molecule has 4 rings (SSSR count). The predicted molar refractivity (Wildman–Crippen MR) is 139 cm³/mol. The SMILES string of the molecule is COc1ccc(F)cc1C(C)(C)CC(O)(CNc1ccc2c(c1)COC2=O)Cc1cc(C)cc(C)c1. The maximum absolute atomic E-state index is 14.2. The van der Waals surface area contributed by atoms with Crippen molar-refractivity contribution in [1.29, 1.82) is 0 Å². The van der Waals surface area contributed by atoms with Gasteiger partial charge in [0.2, 0.25) is 0 Å². The number of carbonyl (C=O) groups excluding carboxylic acids is 1. The van der Waals surface area contributed by atoms with Gasteiger partial charge in [-0.1, -0.05) is 43.2 Å². The molecule has 6 heteroatoms. The number of aryl methyl sites for hydroxylation is 2. The molecule has 1 atom stereocenters. The van der Waals surface area contributed by atoms with Crippen LogP contribution in [0.1, 0.15) is 58.4 Å². The summed E-state index contributed by atoms with van der Waals surface area (Å²) in [5.74, 6) is -0.0650. The summed E-state index contributed by atoms with van der Waals surface area (Å²) in [6.07, 6.45) is 0.766. The van der Waals surface area contributed by atoms with Crippen molar-refractivity contribution < 1.29 is 23.8 Å². The zero-order chi connectivity index (χ0) is 26.1. The number of rotatable bonds is 9. The first kappa shape index (κ1) is 25.7. The molecule has 0 aliphatic carbocycles. The molecule has 0 aromatic heterocycles. The van der Waals surface area contributed by atoms with E-state index in [1.807, 2.05) is 39.8 Å². The topological polar surface area (TPSA) is 67.8 Å². The summed E-state index contributed by atoms with van der Waals surface area (Å²) in [5, 5.41) is 15.5. The number of fused-ring (bicyclic) bond motifs is 1. The van der Waals surface area contributed by atoms with Crippen LogP contribution in [0.5, 0.6) is 5.75 Å². The van der Waals surface area contributed by atoms with Crippen molar-refractivity contribution in [3.63, 3.8) is 0 Å². The largest absolute Gasteiger partial charge is 0.496 e. The van der Waals surface area contributed by atoms with Gasteiger partial charge in [-0.25, -0.2) is 9.18 Å². The van der Waals surface area contributed by atoms with E-state index < -0.39 is 11.0 Å². The van der Waals surface area contributed by atoms with Crippen LogP contribution in [-0.4, -0.2) is 30.3 Å². The highest BCUT2D eigenvalue weighted by atomic mass is 19.1. The number of hydrogen-bond acceptors (Lipinski definition) is 5. The molecule has 0 radical (unpaired) electrons. The van der Waals surface area contributed by atoms with E-state index in [0.29, 0.717) is 29.7 Å². The van der Waals surface area contributed by atoms with Crippen molar-refractivity contribution in [3.8, 4) is 5.75 Å². The van der Waals surface area contributed by atoms with Crippen LogP contribution in [0, 0.1) is 19.7 Å². The number of hydrogen-bond donors (Lipinski definition) is 2. The molecular formula is C30H34FNO4. The van der Waals surface area contributed by atoms with Crippen LogP contribution >= 0.6 is 0 Å². The summed E-state index contributed by atoms with van der Waals surface area (Å²) < 4.78 is 24.9. The molecule has 0 spiro atoms. The number of nitrogens with one attached hydrogen (secondary N) is 1. The molecule has 190 valence electrons. The summed E-state index contributed by atoms with van der Waals surface area (Å²) in [6.45, 7) is 8.59. The Labute approximate surface area is 212 Å². The first-order valence-corrected chi connectivity index (χ1v) is 12.2. The zero-order valence-corrected chi connectivity index (χ0v) is 21.6. The standard InChI is InChI=1S/C30H34FNO4/c1-19-10-20(2)12-21(11-19)15-30(34,17-29(3,4)26-14-23(31)6-9-27(26)35-5)18-32-24-7-8-25-22(13-24)16-36-28(25)33/h6-14,32,34H,15-18H2,1-5H3. The third-order valence-corrected chi connectivity index (χ3v) is 6.78. The van der Waals surface area contributed by atoms with Crippen LogP contribution in [-0.2, 0) is 23.2 Å². The minimum absolute atomic E-state index is 0.253. The van der Waals surface area contributed by atoms with E-state index in [4.69, 9.17) is 9.47 Å². The summed E-state index contributed by atoms with van der Waals surface area (Å²) in [5.41, 5.74) is 4.44. The Morgan fingerprint density at radius 3 is 2.47 bits per heavy atom. The van der Waals surface area contributed by atoms with Crippen LogP contribution in [0.2, 0.25) is 0 Å². The molecule has 0 saturated carbocycles. The lowest BCUT2D eigenvalue weighted by Crippen LogP contribution is -2.44. The molecule has 1 aliphatic rings. The van der Waals surface area contributed by atoms with E-state index in [0.717, 1.165) is 27.9 Å². The maximum atomic E-state index is 14.2. The number of aliphatic hydroxyl groups is 1. The zero-order valence-electron chi connectivity index (χ0n) is 21.6. The van der Waals surface area contributed by atoms with Crippen LogP contribution in [0.3, 0.4) is 0 Å². The molecular weight excluding hydrogens is 457 g/mol. The predicted octanol–water partition coefficient (Wildman–Crippen LogP) is 5.88. The third-order valence-electron chi connectivity index (χ3n) is 6.78. The quantitative estimate of drug-likeness (QED) is 0.366. The van der Waals surface area contributed by atoms with Gasteiger partial charge >= 0.3 is 5.97 Å². The number of cyclic esters (lactones) is 1. The fourth-order valence-electron chi connectivity index (χ4n) is 5.38. The number of methoxy groups -OCH3 is 1. The highest BCUT2D eigenvalue weighted by Crippen LogP contribution is 2.39. The van der Waals surface area contributed by atoms with Gasteiger partial charge in [0.1, 0.15) is 18.2 Å². The number of carbonyl (C=O) groups is 1. The van der Waals surface area contributed by atoms with E-state index in [1.165, 1.54) is 12.1 Å². The molecule has 3 aromatic carbocycles. The number of anilines is 1. The second-order valence-electron chi connectivity index (χ2n) is 10.6. The van der Waals surface area contributed by atoms with Crippen molar-refractivity contribution in [2.24, 2.45) is 0 Å². The van der Waals surface area contributed by atoms with Gasteiger partial charge in [0, 0.05) is 29.8 Å². The lowest BCUT2D eigenvalue weighted by molar-refractivity contribution is 0.0253. The van der Waals surface area contributed by atoms with Crippen LogP contribution in [0.4, 0.5) is 10.1 Å². The Morgan fingerprint density at radius 2 is 1.78 bits per heavy atom. The molecule has 0 bridgehead atoms. The van der Waals surface area contributed by atoms with Gasteiger partial charge in [-0.15, -0.1) is 0 Å². The molecule has 1 unspecified atom stereocenters. The van der Waals surface area contributed by atoms with E-state index in [-0.39, 0.29) is 24.9 Å². The summed E-state index contributed by atoms with van der Waals surface area (Å²) in [7, 11) is 1.57. The second-order valence-corrected chi connectivity index (χ2v) is 10.6. The molecule has 0 amide bonds. The smallest absolute Gasteiger partial charge is 0.338 e. The van der Waals surface area contributed by atoms with Gasteiger partial charge in [-0.05, 0) is 67.6 Å². The maximum Gasteiger partial charge on any atom is 0.338 e. The molecule has 1 aliphatic heterocycles. The lowest BCUT2D eigenvalue weighted by Gasteiger charge is -2.38. The number of halogens is 1. The molecule has 3 aromatic rings. The molecule has 0 saturated heterocycles. The van der Waals surface area contributed by atoms with E-state index in [1.54, 1.807) is 19.2 Å². The third kappa shape index (κ3) is 5.71. The van der Waals surface area contributed by atoms with E-state index in [2.05, 4.69) is 23.5 Å². The van der Waals surface area contributed by atoms with E-state index >= 15 is 0 Å². The van der Waals surface area contributed by atoms with Crippen molar-refractivity contribution in [2.75, 3.05) is 19.0 Å². The lowest BCUT2D eigenvalue weighted by atomic mass is 9.73. The Bertz CT molecular complexity index is 1270. The Morgan fingerprint density at radius 1 is 1.06 bits per heavy atom.